The zero-order chi connectivity index (χ0) is 11.4. The SMILES string of the molecule is CC.COC1=NC(C)=CC2C=[N+](C)N=C12. The van der Waals surface area contributed by atoms with Crippen LogP contribution in [0.4, 0.5) is 0 Å². The van der Waals surface area contributed by atoms with Crippen molar-refractivity contribution in [1.82, 2.24) is 0 Å². The molecule has 0 aliphatic carbocycles. The zero-order valence-electron chi connectivity index (χ0n) is 9.98. The zero-order valence-corrected chi connectivity index (χ0v) is 9.98. The normalized spacial score (nSPS) is 22.6. The van der Waals surface area contributed by atoms with Crippen LogP contribution in [0.25, 0.3) is 0 Å². The third-order valence-corrected chi connectivity index (χ3v) is 2.07. The number of hydrazone groups is 1. The Morgan fingerprint density at radius 2 is 2.07 bits per heavy atom. The lowest BCUT2D eigenvalue weighted by atomic mass is 10.0. The fraction of sp³-hybridized carbons (Fsp3) is 0.545. The number of ether oxygens (including phenoxy) is 1. The minimum atomic E-state index is 0.234. The molecule has 0 saturated heterocycles. The van der Waals surface area contributed by atoms with Gasteiger partial charge >= 0.3 is 0 Å². The lowest BCUT2D eigenvalue weighted by Crippen LogP contribution is -2.25. The molecule has 0 spiro atoms. The average Bonchev–Trinajstić information content (AvgIpc) is 2.60. The topological polar surface area (TPSA) is 37.0 Å². The molecule has 0 bridgehead atoms. The quantitative estimate of drug-likeness (QED) is 0.558. The minimum Gasteiger partial charge on any atom is -0.480 e. The van der Waals surface area contributed by atoms with Crippen molar-refractivity contribution in [3.63, 3.8) is 0 Å². The molecule has 2 heterocycles. The Labute approximate surface area is 90.7 Å². The first-order valence-electron chi connectivity index (χ1n) is 5.18. The van der Waals surface area contributed by atoms with Crippen molar-refractivity contribution in [2.24, 2.45) is 16.0 Å². The summed E-state index contributed by atoms with van der Waals surface area (Å²) in [5, 5.41) is 4.29. The van der Waals surface area contributed by atoms with E-state index < -0.39 is 0 Å². The molecule has 0 radical (unpaired) electrons. The highest BCUT2D eigenvalue weighted by Crippen LogP contribution is 2.17. The highest BCUT2D eigenvalue weighted by atomic mass is 16.5. The summed E-state index contributed by atoms with van der Waals surface area (Å²) < 4.78 is 6.95. The predicted molar refractivity (Wildman–Crippen MR) is 62.7 cm³/mol. The van der Waals surface area contributed by atoms with Crippen molar-refractivity contribution < 1.29 is 9.42 Å². The number of fused-ring (bicyclic) bond motifs is 1. The van der Waals surface area contributed by atoms with Gasteiger partial charge in [0.2, 0.25) is 5.90 Å². The van der Waals surface area contributed by atoms with Crippen LogP contribution >= 0.6 is 0 Å². The molecule has 0 N–H and O–H groups in total. The molecule has 15 heavy (non-hydrogen) atoms. The Morgan fingerprint density at radius 1 is 1.40 bits per heavy atom. The Hall–Kier alpha value is -1.45. The number of hydrogen-bond donors (Lipinski definition) is 0. The summed E-state index contributed by atoms with van der Waals surface area (Å²) in [5.41, 5.74) is 1.88. The smallest absolute Gasteiger partial charge is 0.242 e. The molecule has 0 amide bonds. The predicted octanol–water partition coefficient (Wildman–Crippen LogP) is 1.67. The Kier molecular flexibility index (Phi) is 3.77. The maximum absolute atomic E-state index is 5.16. The third-order valence-electron chi connectivity index (χ3n) is 2.07. The van der Waals surface area contributed by atoms with Gasteiger partial charge in [-0.3, -0.25) is 0 Å². The molecule has 1 atom stereocenters. The molecular formula is C11H18N3O+. The highest BCUT2D eigenvalue weighted by molar-refractivity contribution is 6.43. The summed E-state index contributed by atoms with van der Waals surface area (Å²) in [6.45, 7) is 5.96. The first-order chi connectivity index (χ1) is 7.20. The number of rotatable bonds is 0. The van der Waals surface area contributed by atoms with E-state index in [0.29, 0.717) is 5.90 Å². The summed E-state index contributed by atoms with van der Waals surface area (Å²) in [6, 6.07) is 0. The monoisotopic (exact) mass is 208 g/mol. The lowest BCUT2D eigenvalue weighted by molar-refractivity contribution is -0.494. The lowest BCUT2D eigenvalue weighted by Gasteiger charge is -2.10. The number of allylic oxidation sites excluding steroid dienone is 2. The number of methoxy groups -OCH3 is 1. The molecular weight excluding hydrogens is 190 g/mol. The van der Waals surface area contributed by atoms with Crippen molar-refractivity contribution in [3.05, 3.63) is 11.8 Å². The van der Waals surface area contributed by atoms with Crippen LogP contribution in [-0.4, -0.2) is 36.7 Å². The Morgan fingerprint density at radius 3 is 2.67 bits per heavy atom. The van der Waals surface area contributed by atoms with Crippen molar-refractivity contribution in [3.8, 4) is 0 Å². The van der Waals surface area contributed by atoms with Crippen LogP contribution in [-0.2, 0) is 4.74 Å². The van der Waals surface area contributed by atoms with Gasteiger partial charge < -0.3 is 4.74 Å². The van der Waals surface area contributed by atoms with E-state index in [1.807, 2.05) is 34.0 Å². The molecule has 4 heteroatoms. The van der Waals surface area contributed by atoms with Crippen molar-refractivity contribution >= 4 is 17.8 Å². The van der Waals surface area contributed by atoms with Gasteiger partial charge in [-0.15, -0.1) is 0 Å². The van der Waals surface area contributed by atoms with Crippen LogP contribution in [0.5, 0.6) is 0 Å². The molecule has 4 nitrogen and oxygen atoms in total. The van der Waals surface area contributed by atoms with E-state index in [1.54, 1.807) is 11.8 Å². The van der Waals surface area contributed by atoms with E-state index in [2.05, 4.69) is 16.2 Å². The van der Waals surface area contributed by atoms with Gasteiger partial charge in [0.15, 0.2) is 19.0 Å². The van der Waals surface area contributed by atoms with Gasteiger partial charge in [-0.05, 0) is 13.0 Å². The van der Waals surface area contributed by atoms with Crippen molar-refractivity contribution in [1.29, 1.82) is 0 Å². The van der Waals surface area contributed by atoms with Crippen LogP contribution in [0.2, 0.25) is 0 Å². The second-order valence-corrected chi connectivity index (χ2v) is 3.16. The molecule has 0 aromatic heterocycles. The van der Waals surface area contributed by atoms with Gasteiger partial charge in [0.05, 0.1) is 7.11 Å². The molecule has 2 aliphatic rings. The number of aliphatic imine (C=N–C) groups is 1. The fourth-order valence-corrected chi connectivity index (χ4v) is 1.55. The maximum atomic E-state index is 5.16. The van der Waals surface area contributed by atoms with E-state index in [4.69, 9.17) is 4.74 Å². The summed E-state index contributed by atoms with van der Waals surface area (Å²) >= 11 is 0. The second-order valence-electron chi connectivity index (χ2n) is 3.16. The van der Waals surface area contributed by atoms with Crippen LogP contribution in [0.15, 0.2) is 21.9 Å². The molecule has 0 fully saturated rings. The van der Waals surface area contributed by atoms with Gasteiger partial charge in [-0.1, -0.05) is 18.5 Å². The summed E-state index contributed by atoms with van der Waals surface area (Å²) in [7, 11) is 3.52. The van der Waals surface area contributed by atoms with Gasteiger partial charge in [-0.25, -0.2) is 4.99 Å². The van der Waals surface area contributed by atoms with Crippen molar-refractivity contribution in [2.45, 2.75) is 20.8 Å². The second kappa shape index (κ2) is 4.87. The molecule has 0 aromatic carbocycles. The summed E-state index contributed by atoms with van der Waals surface area (Å²) in [5.74, 6) is 0.864. The summed E-state index contributed by atoms with van der Waals surface area (Å²) in [6.07, 6.45) is 4.11. The van der Waals surface area contributed by atoms with Gasteiger partial charge in [0, 0.05) is 10.8 Å². The summed E-state index contributed by atoms with van der Waals surface area (Å²) in [4.78, 5) is 4.26. The standard InChI is InChI=1S/C9H12N3O.C2H6/c1-6-4-7-5-12(2)11-8(7)9(10-6)13-3;1-2/h4-5,7H,1-3H3;1-2H3/q+1;. The molecule has 1 unspecified atom stereocenters. The number of hydrogen-bond acceptors (Lipinski definition) is 3. The molecule has 2 rings (SSSR count). The van der Waals surface area contributed by atoms with Crippen LogP contribution < -0.4 is 0 Å². The number of nitrogens with zero attached hydrogens (tertiary/aromatic N) is 3. The average molecular weight is 208 g/mol. The molecule has 82 valence electrons. The van der Waals surface area contributed by atoms with Gasteiger partial charge in [0.25, 0.3) is 0 Å². The van der Waals surface area contributed by atoms with E-state index in [1.165, 1.54) is 0 Å². The molecule has 2 aliphatic heterocycles. The highest BCUT2D eigenvalue weighted by Gasteiger charge is 2.32. The minimum absolute atomic E-state index is 0.234. The van der Waals surface area contributed by atoms with Crippen LogP contribution in [0.1, 0.15) is 20.8 Å². The van der Waals surface area contributed by atoms with Gasteiger partial charge in [0.1, 0.15) is 5.92 Å². The third kappa shape index (κ3) is 2.32. The molecule has 0 aromatic rings. The maximum Gasteiger partial charge on any atom is 0.242 e. The fourth-order valence-electron chi connectivity index (χ4n) is 1.55. The molecule has 0 saturated carbocycles. The van der Waals surface area contributed by atoms with Gasteiger partial charge in [-0.2, -0.15) is 0 Å². The van der Waals surface area contributed by atoms with E-state index in [0.717, 1.165) is 11.4 Å². The van der Waals surface area contributed by atoms with Crippen molar-refractivity contribution in [2.75, 3.05) is 14.2 Å². The van der Waals surface area contributed by atoms with E-state index in [-0.39, 0.29) is 5.92 Å². The van der Waals surface area contributed by atoms with Crippen LogP contribution in [0, 0.1) is 5.92 Å². The van der Waals surface area contributed by atoms with E-state index in [9.17, 15) is 0 Å². The Bertz CT molecular complexity index is 358. The largest absolute Gasteiger partial charge is 0.480 e. The first-order valence-corrected chi connectivity index (χ1v) is 5.18. The van der Waals surface area contributed by atoms with Crippen LogP contribution in [0.3, 0.4) is 0 Å². The Balaban J connectivity index is 0.000000531. The van der Waals surface area contributed by atoms with E-state index >= 15 is 0 Å². The first kappa shape index (κ1) is 11.6.